The Kier molecular flexibility index (Phi) is 31.5. The maximum atomic E-state index is 10.1. The molecule has 1 N–H and O–H groups in total. The Morgan fingerprint density at radius 1 is 0.765 bits per heavy atom. The molecule has 0 bridgehead atoms. The van der Waals surface area contributed by atoms with Gasteiger partial charge in [-0.05, 0) is 0 Å². The van der Waals surface area contributed by atoms with E-state index in [9.17, 15) is 33.3 Å². The topological polar surface area (TPSA) is 182 Å². The van der Waals surface area contributed by atoms with E-state index < -0.39 is 23.5 Å². The van der Waals surface area contributed by atoms with Crippen molar-refractivity contribution in [2.24, 2.45) is 0 Å². The summed E-state index contributed by atoms with van der Waals surface area (Å²) in [5.41, 5.74) is 0. The molecule has 0 aromatic heterocycles. The molecule has 0 aliphatic heterocycles. The first-order valence-electron chi connectivity index (χ1n) is 2.21. The van der Waals surface area contributed by atoms with E-state index in [2.05, 4.69) is 8.62 Å². The second-order valence-electron chi connectivity index (χ2n) is 1.53. The van der Waals surface area contributed by atoms with Gasteiger partial charge in [-0.3, -0.25) is 13.4 Å². The van der Waals surface area contributed by atoms with Gasteiger partial charge in [0.1, 0.15) is 0 Å². The van der Waals surface area contributed by atoms with Crippen molar-refractivity contribution in [1.29, 1.82) is 0 Å². The van der Waals surface area contributed by atoms with Gasteiger partial charge in [0.25, 0.3) is 15.6 Å². The van der Waals surface area contributed by atoms with Crippen molar-refractivity contribution < 1.29 is 252 Å². The standard InChI is InChI=1S/4K.H5O10P3/c;;;;1-11(2,3)9-13(7,8)10-12(4,5)6/h;;;;(H,7,8)(H2,1,2,3)(H2,4,5,6)/q4*+1;/p-4. The number of hydrogen-bond donors (Lipinski definition) is 1. The molecule has 0 spiro atoms. The van der Waals surface area contributed by atoms with Crippen LogP contribution in [0.1, 0.15) is 0 Å². The van der Waals surface area contributed by atoms with Crippen LogP contribution in [0.5, 0.6) is 0 Å². The minimum absolute atomic E-state index is 0. The average molecular weight is 410 g/mol. The number of phosphoric acid groups is 3. The molecule has 0 amide bonds. The van der Waals surface area contributed by atoms with E-state index in [0.717, 1.165) is 0 Å². The van der Waals surface area contributed by atoms with Crippen LogP contribution < -0.4 is 225 Å². The fraction of sp³-hybridized carbons (Fsp3) is 0. The number of rotatable bonds is 4. The van der Waals surface area contributed by atoms with Gasteiger partial charge in [-0.25, -0.2) is 4.31 Å². The van der Waals surface area contributed by atoms with Gasteiger partial charge in [0.2, 0.25) is 0 Å². The fourth-order valence-corrected chi connectivity index (χ4v) is 2.64. The molecule has 0 aromatic rings. The summed E-state index contributed by atoms with van der Waals surface area (Å²) >= 11 is 0. The van der Waals surface area contributed by atoms with Crippen molar-refractivity contribution in [1.82, 2.24) is 0 Å². The van der Waals surface area contributed by atoms with E-state index in [0.29, 0.717) is 0 Å². The fourth-order valence-electron chi connectivity index (χ4n) is 0.264. The zero-order valence-corrected chi connectivity index (χ0v) is 24.6. The zero-order chi connectivity index (χ0) is 10.9. The molecule has 0 rings (SSSR count). The second-order valence-corrected chi connectivity index (χ2v) is 5.56. The molecule has 2 atom stereocenters. The molecular weight excluding hydrogens is 409 g/mol. The maximum Gasteiger partial charge on any atom is 1.00 e. The van der Waals surface area contributed by atoms with Gasteiger partial charge in [-0.1, -0.05) is 0 Å². The van der Waals surface area contributed by atoms with Crippen molar-refractivity contribution in [3.8, 4) is 0 Å². The van der Waals surface area contributed by atoms with Gasteiger partial charge in [0.15, 0.2) is 0 Å². The summed E-state index contributed by atoms with van der Waals surface area (Å²) in [5, 5.41) is 0. The summed E-state index contributed by atoms with van der Waals surface area (Å²) in [4.78, 5) is 47.0. The molecule has 0 aliphatic carbocycles. The monoisotopic (exact) mass is 410 g/mol. The summed E-state index contributed by atoms with van der Waals surface area (Å²) in [5.74, 6) is 0. The van der Waals surface area contributed by atoms with Crippen LogP contribution in [0.3, 0.4) is 0 Å². The maximum absolute atomic E-state index is 10.1. The van der Waals surface area contributed by atoms with Crippen molar-refractivity contribution >= 4 is 23.5 Å². The molecule has 0 aliphatic rings. The number of hydrogen-bond acceptors (Lipinski definition) is 9. The van der Waals surface area contributed by atoms with Gasteiger partial charge in [0, 0.05) is 0 Å². The summed E-state index contributed by atoms with van der Waals surface area (Å²) in [7, 11) is -17.6. The minimum Gasteiger partial charge on any atom is -0.790 e. The Morgan fingerprint density at radius 3 is 1.24 bits per heavy atom. The molecule has 0 fully saturated rings. The van der Waals surface area contributed by atoms with Crippen molar-refractivity contribution in [2.45, 2.75) is 0 Å². The van der Waals surface area contributed by atoms with E-state index in [1.165, 1.54) is 0 Å². The first kappa shape index (κ1) is 35.1. The zero-order valence-electron chi connectivity index (χ0n) is 9.46. The smallest absolute Gasteiger partial charge is 0.790 e. The van der Waals surface area contributed by atoms with Crippen molar-refractivity contribution in [3.63, 3.8) is 0 Å². The third-order valence-electron chi connectivity index (χ3n) is 0.403. The molecule has 0 heterocycles. The molecule has 10 nitrogen and oxygen atoms in total. The van der Waals surface area contributed by atoms with E-state index in [4.69, 9.17) is 4.89 Å². The van der Waals surface area contributed by atoms with E-state index in [-0.39, 0.29) is 206 Å². The van der Waals surface area contributed by atoms with Crippen LogP contribution in [-0.2, 0) is 22.3 Å². The van der Waals surface area contributed by atoms with Crippen LogP contribution in [0.2, 0.25) is 0 Å². The van der Waals surface area contributed by atoms with E-state index in [1.807, 2.05) is 0 Å². The van der Waals surface area contributed by atoms with Gasteiger partial charge < -0.3 is 29.0 Å². The molecule has 0 aromatic carbocycles. The molecule has 80 valence electrons. The molecule has 0 saturated carbocycles. The molecule has 0 radical (unpaired) electrons. The van der Waals surface area contributed by atoms with Crippen LogP contribution in [-0.4, -0.2) is 4.89 Å². The van der Waals surface area contributed by atoms with Crippen LogP contribution in [0.25, 0.3) is 0 Å². The van der Waals surface area contributed by atoms with E-state index in [1.54, 1.807) is 0 Å². The van der Waals surface area contributed by atoms with E-state index >= 15 is 0 Å². The first-order chi connectivity index (χ1) is 5.41. The molecule has 0 saturated heterocycles. The molecule has 17 heteroatoms. The predicted molar refractivity (Wildman–Crippen MR) is 27.2 cm³/mol. The first-order valence-corrected chi connectivity index (χ1v) is 6.62. The summed E-state index contributed by atoms with van der Waals surface area (Å²) in [6.45, 7) is 0. The van der Waals surface area contributed by atoms with Crippen LogP contribution >= 0.6 is 23.5 Å². The van der Waals surface area contributed by atoms with Crippen molar-refractivity contribution in [2.75, 3.05) is 0 Å². The van der Waals surface area contributed by atoms with Gasteiger partial charge >= 0.3 is 206 Å². The van der Waals surface area contributed by atoms with Crippen LogP contribution in [0.15, 0.2) is 0 Å². The van der Waals surface area contributed by atoms with Gasteiger partial charge in [0.05, 0.1) is 7.82 Å². The summed E-state index contributed by atoms with van der Waals surface area (Å²) < 4.78 is 35.0. The predicted octanol–water partition coefficient (Wildman–Crippen LogP) is -15.2. The Morgan fingerprint density at radius 2 is 1.06 bits per heavy atom. The quantitative estimate of drug-likeness (QED) is 0.345. The van der Waals surface area contributed by atoms with Crippen LogP contribution in [0, 0.1) is 0 Å². The SMILES string of the molecule is O=P([O-])([O-])OP(=O)([O-])OP(=O)([O-])O.[K+].[K+].[K+].[K+]. The third kappa shape index (κ3) is 28.1. The third-order valence-corrected chi connectivity index (χ3v) is 3.63. The van der Waals surface area contributed by atoms with Crippen molar-refractivity contribution in [3.05, 3.63) is 0 Å². The van der Waals surface area contributed by atoms with Crippen LogP contribution in [0.4, 0.5) is 0 Å². The van der Waals surface area contributed by atoms with Gasteiger partial charge in [-0.2, -0.15) is 0 Å². The largest absolute Gasteiger partial charge is 1.00 e. The molecule has 2 unspecified atom stereocenters. The summed E-state index contributed by atoms with van der Waals surface area (Å²) in [6, 6.07) is 0. The molecule has 17 heavy (non-hydrogen) atoms. The average Bonchev–Trinajstić information content (AvgIpc) is 1.43. The molecular formula is HK4O10P3. The Labute approximate surface area is 267 Å². The normalized spacial score (nSPS) is 16.8. The Balaban J connectivity index is -0.000000120. The Bertz CT molecular complexity index is 286. The second kappa shape index (κ2) is 15.2. The summed E-state index contributed by atoms with van der Waals surface area (Å²) in [6.07, 6.45) is 0. The minimum atomic E-state index is -5.95. The van der Waals surface area contributed by atoms with Gasteiger partial charge in [-0.15, -0.1) is 0 Å². The Hall–Kier alpha value is 6.96.